The summed E-state index contributed by atoms with van der Waals surface area (Å²) in [4.78, 5) is 233. The van der Waals surface area contributed by atoms with Gasteiger partial charge in [0.05, 0.1) is 43.6 Å². The number of aliphatic hydroxyl groups is 5. The third kappa shape index (κ3) is 40.7. The van der Waals surface area contributed by atoms with Crippen LogP contribution in [-0.2, 0) is 76.7 Å². The molecular weight excluding hydrogens is 1850 g/mol. The van der Waals surface area contributed by atoms with Crippen LogP contribution in [0.5, 0.6) is 11.5 Å². The number of aromatic carboxylic acids is 1. The number of carboxylic acid groups (broad SMARTS) is 2. The van der Waals surface area contributed by atoms with Crippen molar-refractivity contribution in [3.8, 4) is 11.5 Å². The summed E-state index contributed by atoms with van der Waals surface area (Å²) < 4.78 is 6.05. The van der Waals surface area contributed by atoms with E-state index in [0.717, 1.165) is 27.7 Å². The van der Waals surface area contributed by atoms with Crippen molar-refractivity contribution in [2.24, 2.45) is 28.7 Å². The highest BCUT2D eigenvalue weighted by Gasteiger charge is 2.40. The molecule has 139 heavy (non-hydrogen) atoms. The molecule has 52 nitrogen and oxygen atoms in total. The zero-order valence-electron chi connectivity index (χ0n) is 78.4. The lowest BCUT2D eigenvalue weighted by molar-refractivity contribution is -0.141. The third-order valence-electron chi connectivity index (χ3n) is 21.4. The van der Waals surface area contributed by atoms with Crippen molar-refractivity contribution < 1.29 is 127 Å². The Kier molecular flexibility index (Phi) is 50.0. The molecule has 4 rings (SSSR count). The van der Waals surface area contributed by atoms with Crippen molar-refractivity contribution >= 4 is 141 Å². The van der Waals surface area contributed by atoms with Gasteiger partial charge in [-0.05, 0) is 213 Å². The molecule has 1 unspecified atom stereocenters. The number of thiocarbonyl (C=S) groups is 1. The summed E-state index contributed by atoms with van der Waals surface area (Å²) in [5.41, 5.74) is 29.3. The standard InChI is InChI=1S/C86H134N26O26S/c1-41(70(122)103-57(20-15-32-94-84(90)91)74(126)105-55(18-10-13-31-88)75(127)108-60(40-113)78(130)109-67(44(4)114)79(131)97-38-64(120)96-39-65(121)102-54(17-9-12-30-87)72(124)99-43(3)82(134)135)98-80(132)68(45(5)115)110-77(129)59(28-29-63(89)119)106-73(125)56(19-11-14-34-112(7)8)107-81(133)69(46(6)116)111-76(128)58(21-16-33-95-85(92)93)104-71(123)42(2)100-86(139)101-47-22-25-50(53(35-47)83(136)137)66-51-26-23-48(117)36-61(51)138-62-37-49(118)24-27-52(62)66/h22-27,35-37,41-46,54-61,67-69,113-118H,9-21,28-34,38-40,87-88H2,1-8H3,(H2,89,119)(H,96,120)(H,97,131)(H,98,132)(H,99,124)(H,102,121)(H,103,122)(H,104,123)(H,105,126)(H,106,125)(H,107,133)(H,108,127)(H,109,130)(H,110,129)(H,111,128)(H,134,135)(H,136,137)(H4,90,91,94)(H4,92,93,95)(H2,100,101,139)/t41-,42-,43-,44+,45+,46+,54-,55-,56-,57-,58-,59-,60-,61?,67-,68-,69-/m0/s1. The predicted octanol–water partition coefficient (Wildman–Crippen LogP) is -8.57. The van der Waals surface area contributed by atoms with Crippen molar-refractivity contribution in [2.75, 3.05) is 71.8 Å². The van der Waals surface area contributed by atoms with E-state index in [2.05, 4.69) is 95.7 Å². The number of hydrogen-bond donors (Lipinski definition) is 33. The largest absolute Gasteiger partial charge is 0.508 e. The van der Waals surface area contributed by atoms with E-state index in [4.69, 9.17) is 56.4 Å². The van der Waals surface area contributed by atoms with Crippen molar-refractivity contribution in [3.63, 3.8) is 0 Å². The SMILES string of the molecule is C[C@H](NC(=O)[C@H](CCCCN)NC(=O)CNC(=O)CNC(=O)[C@@H](NC(=O)[C@H](CO)NC(=O)[C@H](CCCCN)NC(=O)[C@H](CCCNC(=N)N)NC(=O)[C@H](C)NC(=O)[C@@H](NC(=O)[C@H](CCC(N)=O)NC(=O)[C@H](CCCCN(C)C)NC(=O)[C@@H](NC(=O)[C@H](CCCNC(=N)N)NC(=O)[C@H](C)NC(=S)Nc1ccc(C2=C3C=CC(O)=CC3Oc3cc(O)ccc32)c(C(=O)O)c1)[C@@H](C)O)[C@@H](C)O)[C@@H](C)O)C(=O)O. The number of ether oxygens (including phenoxy) is 1. The summed E-state index contributed by atoms with van der Waals surface area (Å²) in [7, 11) is 3.53. The van der Waals surface area contributed by atoms with Gasteiger partial charge in [-0.1, -0.05) is 12.1 Å². The number of benzene rings is 2. The molecule has 0 saturated carbocycles. The molecule has 15 amide bonds. The van der Waals surface area contributed by atoms with E-state index in [-0.39, 0.29) is 130 Å². The van der Waals surface area contributed by atoms with Crippen LogP contribution in [0.15, 0.2) is 66.0 Å². The minimum absolute atomic E-state index is 0.00260. The second kappa shape index (κ2) is 59.2. The van der Waals surface area contributed by atoms with Crippen LogP contribution in [0.3, 0.4) is 0 Å². The van der Waals surface area contributed by atoms with Gasteiger partial charge in [-0.25, -0.2) is 4.79 Å². The van der Waals surface area contributed by atoms with Gasteiger partial charge in [0, 0.05) is 54.0 Å². The molecule has 0 fully saturated rings. The number of rotatable bonds is 61. The minimum atomic E-state index is -2.00. The number of fused-ring (bicyclic) bond motifs is 2. The number of hydrogen-bond acceptors (Lipinski definition) is 30. The molecule has 0 spiro atoms. The molecule has 0 radical (unpaired) electrons. The number of carboxylic acids is 2. The first-order chi connectivity index (χ1) is 65.5. The second-order valence-electron chi connectivity index (χ2n) is 33.3. The number of guanidine groups is 2. The molecule has 0 bridgehead atoms. The van der Waals surface area contributed by atoms with Gasteiger partial charge in [0.1, 0.15) is 102 Å². The van der Waals surface area contributed by atoms with Gasteiger partial charge in [-0.3, -0.25) is 87.5 Å². The van der Waals surface area contributed by atoms with Crippen LogP contribution >= 0.6 is 12.2 Å². The van der Waals surface area contributed by atoms with Crippen LogP contribution in [0.25, 0.3) is 5.57 Å². The molecular formula is C86H134N26O26S. The topological polar surface area (TPSA) is 859 Å². The van der Waals surface area contributed by atoms with Gasteiger partial charge in [-0.2, -0.15) is 0 Å². The van der Waals surface area contributed by atoms with Crippen molar-refractivity contribution in [1.29, 1.82) is 10.8 Å². The first-order valence-corrected chi connectivity index (χ1v) is 45.3. The van der Waals surface area contributed by atoms with E-state index in [9.17, 15) is 122 Å². The maximum atomic E-state index is 14.7. The van der Waals surface area contributed by atoms with E-state index in [1.807, 2.05) is 4.90 Å². The molecule has 0 saturated heterocycles. The number of phenolic OH excluding ortho intramolecular Hbond substituents is 1. The average molecular weight is 1980 g/mol. The molecule has 0 aromatic heterocycles. The van der Waals surface area contributed by atoms with E-state index in [0.29, 0.717) is 42.5 Å². The van der Waals surface area contributed by atoms with Gasteiger partial charge >= 0.3 is 11.9 Å². The number of unbranched alkanes of at least 4 members (excludes halogenated alkanes) is 3. The Hall–Kier alpha value is -14.0. The van der Waals surface area contributed by atoms with Gasteiger partial charge in [0.25, 0.3) is 0 Å². The molecule has 2 aromatic carbocycles. The number of allylic oxidation sites excluding steroid dienone is 1. The maximum Gasteiger partial charge on any atom is 0.336 e. The van der Waals surface area contributed by atoms with E-state index >= 15 is 0 Å². The molecule has 1 heterocycles. The number of primary amides is 1. The molecule has 1 aliphatic carbocycles. The van der Waals surface area contributed by atoms with Crippen molar-refractivity contribution in [3.05, 3.63) is 82.6 Å². The minimum Gasteiger partial charge on any atom is -0.508 e. The number of carbonyl (C=O) groups excluding carboxylic acids is 15. The third-order valence-corrected chi connectivity index (χ3v) is 21.6. The number of aromatic hydroxyl groups is 1. The summed E-state index contributed by atoms with van der Waals surface area (Å²) in [5.74, 6) is -19.7. The Labute approximate surface area is 806 Å². The Morgan fingerprint density at radius 1 is 0.453 bits per heavy atom. The summed E-state index contributed by atoms with van der Waals surface area (Å²) >= 11 is 5.56. The van der Waals surface area contributed by atoms with E-state index in [1.54, 1.807) is 26.2 Å². The van der Waals surface area contributed by atoms with Crippen LogP contribution in [0, 0.1) is 10.8 Å². The highest BCUT2D eigenvalue weighted by molar-refractivity contribution is 7.80. The molecule has 53 heteroatoms. The van der Waals surface area contributed by atoms with Crippen LogP contribution in [0.1, 0.15) is 159 Å². The van der Waals surface area contributed by atoms with Crippen LogP contribution in [0.4, 0.5) is 5.69 Å². The van der Waals surface area contributed by atoms with E-state index < -0.39 is 248 Å². The highest BCUT2D eigenvalue weighted by atomic mass is 32.1. The fraction of sp³-hybridized carbons (Fsp3) is 0.558. The lowest BCUT2D eigenvalue weighted by Crippen LogP contribution is -2.62. The normalized spacial score (nSPS) is 15.8. The Morgan fingerprint density at radius 3 is 1.35 bits per heavy atom. The number of carbonyl (C=O) groups is 17. The Bertz CT molecular complexity index is 4790. The van der Waals surface area contributed by atoms with Gasteiger partial charge in [-0.15, -0.1) is 0 Å². The van der Waals surface area contributed by atoms with Gasteiger partial charge < -0.3 is 175 Å². The summed E-state index contributed by atoms with van der Waals surface area (Å²) in [6.07, 6.45) is -1.91. The average Bonchev–Trinajstić information content (AvgIpc) is 0.745. The highest BCUT2D eigenvalue weighted by Crippen LogP contribution is 2.44. The van der Waals surface area contributed by atoms with Gasteiger partial charge in [0.2, 0.25) is 88.6 Å². The number of nitrogens with zero attached hydrogens (tertiary/aromatic N) is 1. The summed E-state index contributed by atoms with van der Waals surface area (Å²) in [6, 6.07) is -12.7. The Morgan fingerprint density at radius 2 is 0.871 bits per heavy atom. The first kappa shape index (κ1) is 117. The van der Waals surface area contributed by atoms with Crippen LogP contribution < -0.4 is 129 Å². The number of aliphatic hydroxyl groups excluding tert-OH is 5. The molecule has 770 valence electrons. The number of nitrogens with two attached hydrogens (primary N) is 5. The predicted molar refractivity (Wildman–Crippen MR) is 506 cm³/mol. The smallest absolute Gasteiger partial charge is 0.336 e. The fourth-order valence-corrected chi connectivity index (χ4v) is 14.1. The molecule has 17 atom stereocenters. The Balaban J connectivity index is 1.51. The monoisotopic (exact) mass is 1980 g/mol. The zero-order chi connectivity index (χ0) is 104. The molecule has 2 aromatic rings. The first-order valence-electron chi connectivity index (χ1n) is 44.8. The summed E-state index contributed by atoms with van der Waals surface area (Å²) in [5, 5.41) is 142. The number of anilines is 1. The fourth-order valence-electron chi connectivity index (χ4n) is 13.8. The number of aliphatic carboxylic acids is 1. The number of nitrogens with one attached hydrogen (secondary N) is 20. The summed E-state index contributed by atoms with van der Waals surface area (Å²) in [6.45, 7) is 4.94. The molecule has 2 aliphatic rings. The van der Waals surface area contributed by atoms with Crippen molar-refractivity contribution in [2.45, 2.75) is 241 Å². The lowest BCUT2D eigenvalue weighted by atomic mass is 9.84. The second-order valence-corrected chi connectivity index (χ2v) is 33.7. The van der Waals surface area contributed by atoms with Crippen molar-refractivity contribution in [1.82, 2.24) is 95.3 Å². The number of amides is 15. The quantitative estimate of drug-likeness (QED) is 0.0127. The van der Waals surface area contributed by atoms with Crippen LogP contribution in [0.2, 0.25) is 0 Å². The van der Waals surface area contributed by atoms with Crippen LogP contribution in [-0.4, -0.2) is 333 Å². The zero-order valence-corrected chi connectivity index (χ0v) is 79.3. The molecule has 1 aliphatic heterocycles. The van der Waals surface area contributed by atoms with Gasteiger partial charge in [0.15, 0.2) is 17.0 Å². The maximum absolute atomic E-state index is 14.7. The number of phenols is 1. The molecule has 38 N–H and O–H groups in total. The lowest BCUT2D eigenvalue weighted by Gasteiger charge is -2.31. The van der Waals surface area contributed by atoms with E-state index in [1.165, 1.54) is 56.3 Å².